The summed E-state index contributed by atoms with van der Waals surface area (Å²) in [5.41, 5.74) is 6.63. The van der Waals surface area contributed by atoms with Crippen molar-refractivity contribution < 1.29 is 4.74 Å². The summed E-state index contributed by atoms with van der Waals surface area (Å²) in [5, 5.41) is 0. The second-order valence-corrected chi connectivity index (χ2v) is 4.94. The maximum absolute atomic E-state index is 5.58. The van der Waals surface area contributed by atoms with Crippen LogP contribution in [0.4, 0.5) is 0 Å². The summed E-state index contributed by atoms with van der Waals surface area (Å²) in [7, 11) is 1.65. The minimum absolute atomic E-state index is 0.647. The van der Waals surface area contributed by atoms with E-state index in [9.17, 15) is 0 Å². The summed E-state index contributed by atoms with van der Waals surface area (Å²) < 4.78 is 5.15. The van der Waals surface area contributed by atoms with Gasteiger partial charge in [0.1, 0.15) is 0 Å². The van der Waals surface area contributed by atoms with Crippen molar-refractivity contribution in [1.82, 2.24) is 9.88 Å². The average molecular weight is 251 g/mol. The highest BCUT2D eigenvalue weighted by Gasteiger charge is 2.09. The van der Waals surface area contributed by atoms with E-state index in [0.29, 0.717) is 11.8 Å². The van der Waals surface area contributed by atoms with Gasteiger partial charge in [-0.3, -0.25) is 4.90 Å². The fourth-order valence-electron chi connectivity index (χ4n) is 1.95. The van der Waals surface area contributed by atoms with Crippen LogP contribution < -0.4 is 10.5 Å². The highest BCUT2D eigenvalue weighted by atomic mass is 16.5. The molecule has 0 aliphatic rings. The topological polar surface area (TPSA) is 51.4 Å². The minimum atomic E-state index is 0.647. The van der Waals surface area contributed by atoms with Crippen LogP contribution in [-0.2, 0) is 6.54 Å². The summed E-state index contributed by atoms with van der Waals surface area (Å²) >= 11 is 0. The Morgan fingerprint density at radius 3 is 2.78 bits per heavy atom. The molecule has 0 amide bonds. The van der Waals surface area contributed by atoms with Gasteiger partial charge in [0.05, 0.1) is 12.8 Å². The number of aromatic nitrogens is 1. The molecule has 4 nitrogen and oxygen atoms in total. The van der Waals surface area contributed by atoms with Gasteiger partial charge in [0.25, 0.3) is 0 Å². The van der Waals surface area contributed by atoms with Crippen molar-refractivity contribution in [2.75, 3.05) is 26.7 Å². The normalized spacial score (nSPS) is 11.2. The molecule has 0 bridgehead atoms. The van der Waals surface area contributed by atoms with Crippen molar-refractivity contribution in [3.8, 4) is 5.88 Å². The van der Waals surface area contributed by atoms with E-state index in [-0.39, 0.29) is 0 Å². The molecule has 102 valence electrons. The molecule has 2 N–H and O–H groups in total. The Labute approximate surface area is 110 Å². The third-order valence-electron chi connectivity index (χ3n) is 2.68. The van der Waals surface area contributed by atoms with E-state index in [0.717, 1.165) is 38.3 Å². The largest absolute Gasteiger partial charge is 0.481 e. The maximum Gasteiger partial charge on any atom is 0.213 e. The van der Waals surface area contributed by atoms with Gasteiger partial charge in [-0.1, -0.05) is 19.9 Å². The molecule has 0 spiro atoms. The Morgan fingerprint density at radius 1 is 1.39 bits per heavy atom. The lowest BCUT2D eigenvalue weighted by molar-refractivity contribution is 0.231. The van der Waals surface area contributed by atoms with Gasteiger partial charge in [-0.05, 0) is 31.5 Å². The Bertz CT molecular complexity index is 342. The molecule has 18 heavy (non-hydrogen) atoms. The molecule has 0 aromatic carbocycles. The number of methoxy groups -OCH3 is 1. The number of ether oxygens (including phenoxy) is 1. The lowest BCUT2D eigenvalue weighted by Crippen LogP contribution is -2.30. The van der Waals surface area contributed by atoms with E-state index in [4.69, 9.17) is 10.5 Å². The molecule has 0 radical (unpaired) electrons. The van der Waals surface area contributed by atoms with Crippen LogP contribution in [0.2, 0.25) is 0 Å². The van der Waals surface area contributed by atoms with Crippen molar-refractivity contribution in [1.29, 1.82) is 0 Å². The predicted molar refractivity (Wildman–Crippen MR) is 74.6 cm³/mol. The summed E-state index contributed by atoms with van der Waals surface area (Å²) in [6.45, 7) is 8.14. The van der Waals surface area contributed by atoms with Crippen LogP contribution in [0.3, 0.4) is 0 Å². The maximum atomic E-state index is 5.58. The number of pyridine rings is 1. The summed E-state index contributed by atoms with van der Waals surface area (Å²) in [6.07, 6.45) is 1.02. The van der Waals surface area contributed by atoms with E-state index in [1.807, 2.05) is 18.2 Å². The van der Waals surface area contributed by atoms with Gasteiger partial charge >= 0.3 is 0 Å². The Morgan fingerprint density at radius 2 is 2.17 bits per heavy atom. The lowest BCUT2D eigenvalue weighted by atomic mass is 10.2. The first-order valence-electron chi connectivity index (χ1n) is 6.58. The molecule has 1 heterocycles. The van der Waals surface area contributed by atoms with Gasteiger partial charge in [0.2, 0.25) is 5.88 Å². The van der Waals surface area contributed by atoms with Gasteiger partial charge in [-0.25, -0.2) is 4.98 Å². The Hall–Kier alpha value is -1.13. The van der Waals surface area contributed by atoms with Gasteiger partial charge in [-0.2, -0.15) is 0 Å². The fraction of sp³-hybridized carbons (Fsp3) is 0.643. The molecule has 0 fully saturated rings. The van der Waals surface area contributed by atoms with Crippen LogP contribution in [0, 0.1) is 5.92 Å². The van der Waals surface area contributed by atoms with Crippen molar-refractivity contribution in [3.05, 3.63) is 23.9 Å². The molecule has 4 heteroatoms. The van der Waals surface area contributed by atoms with E-state index in [2.05, 4.69) is 23.7 Å². The van der Waals surface area contributed by atoms with Gasteiger partial charge in [0.15, 0.2) is 0 Å². The molecular weight excluding hydrogens is 226 g/mol. The second kappa shape index (κ2) is 8.06. The molecule has 1 aromatic rings. The monoisotopic (exact) mass is 251 g/mol. The zero-order chi connectivity index (χ0) is 13.4. The first-order chi connectivity index (χ1) is 8.65. The van der Waals surface area contributed by atoms with Crippen molar-refractivity contribution in [3.63, 3.8) is 0 Å². The Balaban J connectivity index is 2.62. The predicted octanol–water partition coefficient (Wildman–Crippen LogP) is 1.90. The van der Waals surface area contributed by atoms with Crippen LogP contribution >= 0.6 is 0 Å². The van der Waals surface area contributed by atoms with Crippen molar-refractivity contribution >= 4 is 0 Å². The third kappa shape index (κ3) is 5.47. The number of hydrogen-bond acceptors (Lipinski definition) is 4. The average Bonchev–Trinajstić information content (AvgIpc) is 2.35. The van der Waals surface area contributed by atoms with E-state index < -0.39 is 0 Å². The van der Waals surface area contributed by atoms with E-state index in [1.165, 1.54) is 0 Å². The first-order valence-corrected chi connectivity index (χ1v) is 6.58. The minimum Gasteiger partial charge on any atom is -0.481 e. The fourth-order valence-corrected chi connectivity index (χ4v) is 1.95. The van der Waals surface area contributed by atoms with Crippen LogP contribution in [0.25, 0.3) is 0 Å². The van der Waals surface area contributed by atoms with E-state index in [1.54, 1.807) is 7.11 Å². The quantitative estimate of drug-likeness (QED) is 0.766. The third-order valence-corrected chi connectivity index (χ3v) is 2.68. The molecule has 0 atom stereocenters. The van der Waals surface area contributed by atoms with Crippen LogP contribution in [0.15, 0.2) is 18.2 Å². The number of nitrogens with zero attached hydrogens (tertiary/aromatic N) is 2. The lowest BCUT2D eigenvalue weighted by Gasteiger charge is -2.23. The summed E-state index contributed by atoms with van der Waals surface area (Å²) in [4.78, 5) is 6.85. The van der Waals surface area contributed by atoms with Gasteiger partial charge in [0, 0.05) is 19.2 Å². The van der Waals surface area contributed by atoms with Crippen LogP contribution in [-0.4, -0.2) is 36.6 Å². The summed E-state index contributed by atoms with van der Waals surface area (Å²) in [5.74, 6) is 1.32. The van der Waals surface area contributed by atoms with Crippen molar-refractivity contribution in [2.45, 2.75) is 26.8 Å². The van der Waals surface area contributed by atoms with E-state index >= 15 is 0 Å². The molecule has 0 aliphatic heterocycles. The molecule has 1 rings (SSSR count). The highest BCUT2D eigenvalue weighted by Crippen LogP contribution is 2.10. The van der Waals surface area contributed by atoms with Crippen molar-refractivity contribution in [2.24, 2.45) is 11.7 Å². The number of hydrogen-bond donors (Lipinski definition) is 1. The van der Waals surface area contributed by atoms with Gasteiger partial charge < -0.3 is 10.5 Å². The molecule has 0 saturated heterocycles. The first kappa shape index (κ1) is 14.9. The van der Waals surface area contributed by atoms with Gasteiger partial charge in [-0.15, -0.1) is 0 Å². The molecular formula is C14H25N3O. The summed E-state index contributed by atoms with van der Waals surface area (Å²) in [6, 6.07) is 5.89. The Kier molecular flexibility index (Phi) is 6.68. The number of nitrogens with two attached hydrogens (primary N) is 1. The second-order valence-electron chi connectivity index (χ2n) is 4.94. The standard InChI is InChI=1S/C14H25N3O/c1-12(2)10-17(9-5-8-15)11-13-6-4-7-14(16-13)18-3/h4,6-7,12H,5,8-11,15H2,1-3H3. The number of rotatable bonds is 8. The molecule has 1 aromatic heterocycles. The highest BCUT2D eigenvalue weighted by molar-refractivity contribution is 5.15. The zero-order valence-electron chi connectivity index (χ0n) is 11.7. The molecule has 0 saturated carbocycles. The zero-order valence-corrected chi connectivity index (χ0v) is 11.7. The molecule has 0 unspecified atom stereocenters. The van der Waals surface area contributed by atoms with Crippen LogP contribution in [0.1, 0.15) is 26.0 Å². The SMILES string of the molecule is COc1cccc(CN(CCCN)CC(C)C)n1. The molecule has 0 aliphatic carbocycles. The van der Waals surface area contributed by atoms with Crippen LogP contribution in [0.5, 0.6) is 5.88 Å². The smallest absolute Gasteiger partial charge is 0.213 e.